The van der Waals surface area contributed by atoms with Crippen molar-refractivity contribution in [1.29, 1.82) is 0 Å². The average Bonchev–Trinajstić information content (AvgIpc) is 2.51. The molecule has 2 aliphatic rings. The Morgan fingerprint density at radius 3 is 2.48 bits per heavy atom. The molecule has 0 unspecified atom stereocenters. The zero-order chi connectivity index (χ0) is 14.9. The molecule has 0 radical (unpaired) electrons. The van der Waals surface area contributed by atoms with E-state index in [9.17, 15) is 4.79 Å². The molecule has 1 amide bonds. The Balaban J connectivity index is 1.65. The summed E-state index contributed by atoms with van der Waals surface area (Å²) in [6.07, 6.45) is 4.87. The Bertz CT molecular complexity index is 528. The summed E-state index contributed by atoms with van der Waals surface area (Å²) < 4.78 is 1.06. The van der Waals surface area contributed by atoms with Crippen LogP contribution in [0.4, 0.5) is 0 Å². The van der Waals surface area contributed by atoms with Crippen LogP contribution >= 0.6 is 15.9 Å². The highest BCUT2D eigenvalue weighted by atomic mass is 79.9. The van der Waals surface area contributed by atoms with Gasteiger partial charge in [-0.1, -0.05) is 15.9 Å². The molecule has 2 saturated heterocycles. The number of hydrogen-bond acceptors (Lipinski definition) is 2. The highest BCUT2D eigenvalue weighted by molar-refractivity contribution is 9.10. The number of rotatable bonds is 1. The highest BCUT2D eigenvalue weighted by Crippen LogP contribution is 2.39. The van der Waals surface area contributed by atoms with E-state index in [4.69, 9.17) is 0 Å². The van der Waals surface area contributed by atoms with Crippen molar-refractivity contribution in [1.82, 2.24) is 10.2 Å². The van der Waals surface area contributed by atoms with Crippen molar-refractivity contribution in [3.05, 3.63) is 33.8 Å². The molecule has 2 aliphatic heterocycles. The molecule has 114 valence electrons. The number of nitrogens with zero attached hydrogens (tertiary/aromatic N) is 1. The molecule has 0 aromatic heterocycles. The van der Waals surface area contributed by atoms with E-state index in [0.29, 0.717) is 5.41 Å². The number of amides is 1. The number of nitrogens with one attached hydrogen (secondary N) is 1. The predicted octanol–water partition coefficient (Wildman–Crippen LogP) is 3.36. The van der Waals surface area contributed by atoms with Crippen LogP contribution in [-0.4, -0.2) is 37.0 Å². The Kier molecular flexibility index (Phi) is 4.36. The minimum absolute atomic E-state index is 0.189. The molecule has 2 fully saturated rings. The van der Waals surface area contributed by atoms with Gasteiger partial charge in [0.25, 0.3) is 5.91 Å². The van der Waals surface area contributed by atoms with Gasteiger partial charge >= 0.3 is 0 Å². The summed E-state index contributed by atoms with van der Waals surface area (Å²) in [4.78, 5) is 14.7. The van der Waals surface area contributed by atoms with E-state index in [1.54, 1.807) is 0 Å². The third-order valence-electron chi connectivity index (χ3n) is 5.18. The fourth-order valence-corrected chi connectivity index (χ4v) is 3.85. The lowest BCUT2D eigenvalue weighted by atomic mass is 9.71. The highest BCUT2D eigenvalue weighted by Gasteiger charge is 2.36. The van der Waals surface area contributed by atoms with E-state index in [2.05, 4.69) is 21.2 Å². The number of carbonyl (C=O) groups is 1. The van der Waals surface area contributed by atoms with Crippen molar-refractivity contribution in [3.8, 4) is 0 Å². The van der Waals surface area contributed by atoms with Crippen LogP contribution in [0.2, 0.25) is 0 Å². The van der Waals surface area contributed by atoms with Crippen molar-refractivity contribution in [2.24, 2.45) is 5.41 Å². The number of likely N-dealkylation sites (tertiary alicyclic amines) is 1. The number of aryl methyl sites for hydroxylation is 1. The van der Waals surface area contributed by atoms with E-state index in [-0.39, 0.29) is 5.91 Å². The standard InChI is InChI=1S/C17H23BrN2O/c1-13-12-14(2-3-15(13)18)16(21)20-10-6-17(7-11-20)4-8-19-9-5-17/h2-3,12,19H,4-11H2,1H3. The molecule has 0 atom stereocenters. The number of carbonyl (C=O) groups excluding carboxylic acids is 1. The summed E-state index contributed by atoms with van der Waals surface area (Å²) in [5.74, 6) is 0.189. The van der Waals surface area contributed by atoms with Gasteiger partial charge in [0.1, 0.15) is 0 Å². The molecule has 4 heteroatoms. The van der Waals surface area contributed by atoms with Gasteiger partial charge in [-0.2, -0.15) is 0 Å². The average molecular weight is 351 g/mol. The van der Waals surface area contributed by atoms with E-state index in [0.717, 1.165) is 54.6 Å². The third kappa shape index (κ3) is 3.16. The first-order chi connectivity index (χ1) is 10.1. The fourth-order valence-electron chi connectivity index (χ4n) is 3.60. The Morgan fingerprint density at radius 2 is 1.86 bits per heavy atom. The van der Waals surface area contributed by atoms with Crippen LogP contribution < -0.4 is 5.32 Å². The molecule has 1 spiro atoms. The summed E-state index contributed by atoms with van der Waals surface area (Å²) in [6.45, 7) is 6.13. The summed E-state index contributed by atoms with van der Waals surface area (Å²) >= 11 is 3.49. The Hall–Kier alpha value is -0.870. The van der Waals surface area contributed by atoms with Crippen LogP contribution in [-0.2, 0) is 0 Å². The molecular weight excluding hydrogens is 328 g/mol. The molecule has 3 nitrogen and oxygen atoms in total. The van der Waals surface area contributed by atoms with Gasteiger partial charge < -0.3 is 10.2 Å². The van der Waals surface area contributed by atoms with Crippen molar-refractivity contribution in [2.45, 2.75) is 32.6 Å². The smallest absolute Gasteiger partial charge is 0.253 e. The summed E-state index contributed by atoms with van der Waals surface area (Å²) in [7, 11) is 0. The first-order valence-electron chi connectivity index (χ1n) is 7.86. The number of piperidine rings is 2. The van der Waals surface area contributed by atoms with Crippen molar-refractivity contribution in [2.75, 3.05) is 26.2 Å². The minimum Gasteiger partial charge on any atom is -0.339 e. The van der Waals surface area contributed by atoms with E-state index < -0.39 is 0 Å². The largest absolute Gasteiger partial charge is 0.339 e. The van der Waals surface area contributed by atoms with E-state index >= 15 is 0 Å². The maximum absolute atomic E-state index is 12.6. The monoisotopic (exact) mass is 350 g/mol. The molecule has 1 aromatic carbocycles. The third-order valence-corrected chi connectivity index (χ3v) is 6.07. The summed E-state index contributed by atoms with van der Waals surface area (Å²) in [5, 5.41) is 3.44. The summed E-state index contributed by atoms with van der Waals surface area (Å²) in [5.41, 5.74) is 2.43. The topological polar surface area (TPSA) is 32.3 Å². The van der Waals surface area contributed by atoms with Crippen LogP contribution in [0.3, 0.4) is 0 Å². The van der Waals surface area contributed by atoms with E-state index in [1.165, 1.54) is 12.8 Å². The fraction of sp³-hybridized carbons (Fsp3) is 0.588. The maximum Gasteiger partial charge on any atom is 0.253 e. The Morgan fingerprint density at radius 1 is 1.19 bits per heavy atom. The number of hydrogen-bond donors (Lipinski definition) is 1. The quantitative estimate of drug-likeness (QED) is 0.842. The molecule has 1 aromatic rings. The van der Waals surface area contributed by atoms with Crippen LogP contribution in [0.15, 0.2) is 22.7 Å². The van der Waals surface area contributed by atoms with Gasteiger partial charge in [0.05, 0.1) is 0 Å². The maximum atomic E-state index is 12.6. The van der Waals surface area contributed by atoms with Gasteiger partial charge in [0.2, 0.25) is 0 Å². The molecule has 21 heavy (non-hydrogen) atoms. The zero-order valence-electron chi connectivity index (χ0n) is 12.6. The van der Waals surface area contributed by atoms with Gasteiger partial charge in [-0.15, -0.1) is 0 Å². The van der Waals surface area contributed by atoms with Crippen LogP contribution in [0.25, 0.3) is 0 Å². The Labute approximate surface area is 135 Å². The van der Waals surface area contributed by atoms with Crippen LogP contribution in [0.5, 0.6) is 0 Å². The predicted molar refractivity (Wildman–Crippen MR) is 88.6 cm³/mol. The van der Waals surface area contributed by atoms with Crippen molar-refractivity contribution < 1.29 is 4.79 Å². The van der Waals surface area contributed by atoms with Gasteiger partial charge in [-0.05, 0) is 74.9 Å². The first-order valence-corrected chi connectivity index (χ1v) is 8.65. The van der Waals surface area contributed by atoms with Crippen molar-refractivity contribution in [3.63, 3.8) is 0 Å². The second kappa shape index (κ2) is 6.09. The molecule has 0 aliphatic carbocycles. The SMILES string of the molecule is Cc1cc(C(=O)N2CCC3(CCNCC3)CC2)ccc1Br. The molecule has 1 N–H and O–H groups in total. The zero-order valence-corrected chi connectivity index (χ0v) is 14.2. The van der Waals surface area contributed by atoms with E-state index in [1.807, 2.05) is 30.0 Å². The van der Waals surface area contributed by atoms with Gasteiger partial charge in [0, 0.05) is 23.1 Å². The lowest BCUT2D eigenvalue weighted by Gasteiger charge is -2.44. The second-order valence-electron chi connectivity index (χ2n) is 6.51. The number of halogens is 1. The van der Waals surface area contributed by atoms with Gasteiger partial charge in [-0.25, -0.2) is 0 Å². The number of benzene rings is 1. The molecular formula is C17H23BrN2O. The second-order valence-corrected chi connectivity index (χ2v) is 7.36. The van der Waals surface area contributed by atoms with Crippen LogP contribution in [0, 0.1) is 12.3 Å². The van der Waals surface area contributed by atoms with Gasteiger partial charge in [0.15, 0.2) is 0 Å². The summed E-state index contributed by atoms with van der Waals surface area (Å²) in [6, 6.07) is 5.89. The molecule has 2 heterocycles. The molecule has 3 rings (SSSR count). The van der Waals surface area contributed by atoms with Crippen LogP contribution in [0.1, 0.15) is 41.6 Å². The lowest BCUT2D eigenvalue weighted by molar-refractivity contribution is 0.0495. The molecule has 0 bridgehead atoms. The normalized spacial score (nSPS) is 21.5. The van der Waals surface area contributed by atoms with Gasteiger partial charge in [-0.3, -0.25) is 4.79 Å². The lowest BCUT2D eigenvalue weighted by Crippen LogP contribution is -2.47. The molecule has 0 saturated carbocycles. The first kappa shape index (κ1) is 15.0. The minimum atomic E-state index is 0.189. The van der Waals surface area contributed by atoms with Crippen molar-refractivity contribution >= 4 is 21.8 Å².